The predicted octanol–water partition coefficient (Wildman–Crippen LogP) is 4.99. The lowest BCUT2D eigenvalue weighted by atomic mass is 10.2. The summed E-state index contributed by atoms with van der Waals surface area (Å²) in [6, 6.07) is 6.80. The molecule has 2 saturated carbocycles. The smallest absolute Gasteiger partial charge is 0.191 e. The minimum atomic E-state index is 0.175. The first-order valence-electron chi connectivity index (χ1n) is 9.91. The van der Waals surface area contributed by atoms with Crippen molar-refractivity contribution < 1.29 is 4.79 Å². The molecule has 2 fully saturated rings. The van der Waals surface area contributed by atoms with Gasteiger partial charge in [-0.1, -0.05) is 17.8 Å². The van der Waals surface area contributed by atoms with Crippen LogP contribution in [0.4, 0.5) is 0 Å². The third kappa shape index (κ3) is 3.46. The lowest BCUT2D eigenvalue weighted by Crippen LogP contribution is -2.08. The van der Waals surface area contributed by atoms with Crippen molar-refractivity contribution in [3.8, 4) is 0 Å². The molecular formula is C21H24N4OS2. The second-order valence-electron chi connectivity index (χ2n) is 7.88. The summed E-state index contributed by atoms with van der Waals surface area (Å²) in [5.74, 6) is 2.33. The van der Waals surface area contributed by atoms with E-state index in [0.717, 1.165) is 34.5 Å². The Morgan fingerprint density at radius 1 is 1.25 bits per heavy atom. The van der Waals surface area contributed by atoms with Crippen LogP contribution in [0.3, 0.4) is 0 Å². The molecule has 0 aliphatic heterocycles. The quantitative estimate of drug-likeness (QED) is 0.386. The van der Waals surface area contributed by atoms with Crippen molar-refractivity contribution in [3.63, 3.8) is 0 Å². The van der Waals surface area contributed by atoms with Crippen LogP contribution in [-0.4, -0.2) is 30.9 Å². The monoisotopic (exact) mass is 412 g/mol. The van der Waals surface area contributed by atoms with Gasteiger partial charge in [0.25, 0.3) is 0 Å². The molecule has 0 spiro atoms. The van der Waals surface area contributed by atoms with Crippen molar-refractivity contribution in [1.82, 2.24) is 19.3 Å². The van der Waals surface area contributed by atoms with E-state index in [9.17, 15) is 4.79 Å². The van der Waals surface area contributed by atoms with Crippen LogP contribution in [0.5, 0.6) is 0 Å². The number of hydrogen-bond acceptors (Lipinski definition) is 5. The van der Waals surface area contributed by atoms with Gasteiger partial charge in [0.1, 0.15) is 5.82 Å². The molecular weight excluding hydrogens is 388 g/mol. The molecule has 2 aliphatic carbocycles. The van der Waals surface area contributed by atoms with Gasteiger partial charge in [0, 0.05) is 33.8 Å². The van der Waals surface area contributed by atoms with Crippen molar-refractivity contribution >= 4 is 28.9 Å². The molecule has 5 rings (SSSR count). The van der Waals surface area contributed by atoms with Crippen molar-refractivity contribution in [2.45, 2.75) is 63.2 Å². The normalized spacial score (nSPS) is 16.6. The van der Waals surface area contributed by atoms with Crippen LogP contribution in [0.1, 0.15) is 70.1 Å². The molecule has 0 saturated heterocycles. The number of carbonyl (C=O) groups excluding carboxylic acids is 1. The first-order chi connectivity index (χ1) is 13.6. The van der Waals surface area contributed by atoms with Crippen LogP contribution in [0.15, 0.2) is 28.7 Å². The number of aryl methyl sites for hydroxylation is 1. The van der Waals surface area contributed by atoms with Crippen molar-refractivity contribution in [2.75, 3.05) is 5.75 Å². The molecule has 0 amide bonds. The van der Waals surface area contributed by atoms with Gasteiger partial charge in [-0.25, -0.2) is 0 Å². The number of aromatic nitrogens is 4. The Morgan fingerprint density at radius 3 is 2.75 bits per heavy atom. The highest BCUT2D eigenvalue weighted by Crippen LogP contribution is 2.46. The maximum absolute atomic E-state index is 13.0. The van der Waals surface area contributed by atoms with Crippen LogP contribution >= 0.6 is 23.1 Å². The Morgan fingerprint density at radius 2 is 2.07 bits per heavy atom. The van der Waals surface area contributed by atoms with Gasteiger partial charge >= 0.3 is 0 Å². The fourth-order valence-corrected chi connectivity index (χ4v) is 5.36. The first kappa shape index (κ1) is 18.2. The van der Waals surface area contributed by atoms with Crippen molar-refractivity contribution in [1.29, 1.82) is 0 Å². The molecule has 2 aliphatic rings. The molecule has 0 N–H and O–H groups in total. The van der Waals surface area contributed by atoms with Crippen molar-refractivity contribution in [2.24, 2.45) is 0 Å². The Hall–Kier alpha value is -1.86. The average Bonchev–Trinajstić information content (AvgIpc) is 3.60. The van der Waals surface area contributed by atoms with Crippen LogP contribution in [0.25, 0.3) is 0 Å². The topological polar surface area (TPSA) is 52.7 Å². The first-order valence-corrected chi connectivity index (χ1v) is 11.8. The summed E-state index contributed by atoms with van der Waals surface area (Å²) >= 11 is 3.30. The largest absolute Gasteiger partial charge is 0.343 e. The summed E-state index contributed by atoms with van der Waals surface area (Å²) in [5, 5.41) is 11.9. The molecule has 3 aromatic rings. The van der Waals surface area contributed by atoms with Gasteiger partial charge in [-0.3, -0.25) is 4.79 Å². The molecule has 7 heteroatoms. The zero-order chi connectivity index (χ0) is 19.3. The lowest BCUT2D eigenvalue weighted by Gasteiger charge is -2.09. The van der Waals surface area contributed by atoms with Crippen LogP contribution in [0.2, 0.25) is 0 Å². The third-order valence-corrected chi connectivity index (χ3v) is 7.45. The van der Waals surface area contributed by atoms with Crippen LogP contribution < -0.4 is 0 Å². The summed E-state index contributed by atoms with van der Waals surface area (Å²) in [4.78, 5) is 14.3. The van der Waals surface area contributed by atoms with E-state index >= 15 is 0 Å². The Bertz CT molecular complexity index is 1010. The number of Topliss-reactive ketones (excluding diaryl/α,β-unsaturated/α-hetero) is 1. The number of nitrogens with zero attached hydrogens (tertiary/aromatic N) is 4. The molecule has 5 nitrogen and oxygen atoms in total. The number of thiophene rings is 1. The molecule has 0 atom stereocenters. The van der Waals surface area contributed by atoms with Gasteiger partial charge < -0.3 is 9.13 Å². The van der Waals surface area contributed by atoms with E-state index in [-0.39, 0.29) is 5.78 Å². The third-order valence-electron chi connectivity index (χ3n) is 5.65. The number of ketones is 1. The van der Waals surface area contributed by atoms with E-state index in [4.69, 9.17) is 0 Å². The van der Waals surface area contributed by atoms with Gasteiger partial charge in [0.05, 0.1) is 12.3 Å². The summed E-state index contributed by atoms with van der Waals surface area (Å²) in [7, 11) is 0. The minimum Gasteiger partial charge on any atom is -0.343 e. The van der Waals surface area contributed by atoms with Gasteiger partial charge in [0.15, 0.2) is 10.9 Å². The van der Waals surface area contributed by atoms with Gasteiger partial charge in [0.2, 0.25) is 0 Å². The fraction of sp³-hybridized carbons (Fsp3) is 0.476. The number of thioether (sulfide) groups is 1. The van der Waals surface area contributed by atoms with Crippen molar-refractivity contribution in [3.05, 3.63) is 51.2 Å². The van der Waals surface area contributed by atoms with E-state index in [0.29, 0.717) is 17.7 Å². The molecule has 146 valence electrons. The van der Waals surface area contributed by atoms with Gasteiger partial charge in [-0.15, -0.1) is 21.5 Å². The van der Waals surface area contributed by atoms with Crippen LogP contribution in [-0.2, 0) is 6.54 Å². The van der Waals surface area contributed by atoms with E-state index in [1.54, 1.807) is 23.1 Å². The van der Waals surface area contributed by atoms with E-state index < -0.39 is 0 Å². The Kier molecular flexibility index (Phi) is 4.67. The SMILES string of the molecule is Cc1cc(C(=O)CSc2nnc(C3CC3)n2C2CC2)c(C)n1Cc1cccs1. The van der Waals surface area contributed by atoms with Gasteiger partial charge in [-0.05, 0) is 57.0 Å². The van der Waals surface area contributed by atoms with E-state index in [2.05, 4.69) is 50.7 Å². The predicted molar refractivity (Wildman–Crippen MR) is 113 cm³/mol. The van der Waals surface area contributed by atoms with Crippen LogP contribution in [0, 0.1) is 13.8 Å². The van der Waals surface area contributed by atoms with Gasteiger partial charge in [-0.2, -0.15) is 0 Å². The molecule has 3 aromatic heterocycles. The average molecular weight is 413 g/mol. The summed E-state index contributed by atoms with van der Waals surface area (Å²) < 4.78 is 4.55. The summed E-state index contributed by atoms with van der Waals surface area (Å²) in [6.45, 7) is 4.96. The molecule has 28 heavy (non-hydrogen) atoms. The molecule has 3 heterocycles. The van der Waals surface area contributed by atoms with E-state index in [1.165, 1.54) is 30.6 Å². The number of hydrogen-bond donors (Lipinski definition) is 0. The molecule has 0 bridgehead atoms. The Labute approximate surface area is 173 Å². The molecule has 0 aromatic carbocycles. The number of rotatable bonds is 8. The highest BCUT2D eigenvalue weighted by atomic mass is 32.2. The fourth-order valence-electron chi connectivity index (χ4n) is 3.78. The second kappa shape index (κ2) is 7.19. The highest BCUT2D eigenvalue weighted by Gasteiger charge is 2.36. The summed E-state index contributed by atoms with van der Waals surface area (Å²) in [5.41, 5.74) is 3.02. The second-order valence-corrected chi connectivity index (χ2v) is 9.85. The summed E-state index contributed by atoms with van der Waals surface area (Å²) in [6.07, 6.45) is 4.88. The number of carbonyl (C=O) groups is 1. The zero-order valence-corrected chi connectivity index (χ0v) is 17.9. The minimum absolute atomic E-state index is 0.175. The standard InChI is InChI=1S/C21H24N4OS2/c1-13-10-18(14(2)24(13)11-17-4-3-9-27-17)19(26)12-28-21-23-22-20(15-5-6-15)25(21)16-7-8-16/h3-4,9-10,15-16H,5-8,11-12H2,1-2H3. The highest BCUT2D eigenvalue weighted by molar-refractivity contribution is 7.99. The molecule has 0 unspecified atom stereocenters. The van der Waals surface area contributed by atoms with E-state index in [1.807, 2.05) is 6.07 Å². The Balaban J connectivity index is 1.31. The zero-order valence-electron chi connectivity index (χ0n) is 16.2. The lowest BCUT2D eigenvalue weighted by molar-refractivity contribution is 0.102. The maximum atomic E-state index is 13.0. The maximum Gasteiger partial charge on any atom is 0.191 e. The molecule has 0 radical (unpaired) electrons.